The van der Waals surface area contributed by atoms with Crippen LogP contribution in [-0.4, -0.2) is 70.2 Å². The zero-order valence-corrected chi connectivity index (χ0v) is 17.4. The molecular weight excluding hydrogens is 380 g/mol. The Labute approximate surface area is 176 Å². The Hall–Kier alpha value is -3.18. The van der Waals surface area contributed by atoms with Gasteiger partial charge >= 0.3 is 0 Å². The van der Waals surface area contributed by atoms with Gasteiger partial charge in [0, 0.05) is 51.4 Å². The Morgan fingerprint density at radius 1 is 1.13 bits per heavy atom. The second kappa shape index (κ2) is 8.28. The minimum Gasteiger partial charge on any atom is -0.336 e. The number of rotatable bonds is 3. The van der Waals surface area contributed by atoms with Gasteiger partial charge < -0.3 is 4.90 Å². The zero-order valence-electron chi connectivity index (χ0n) is 17.4. The van der Waals surface area contributed by atoms with E-state index in [1.165, 1.54) is 0 Å². The van der Waals surface area contributed by atoms with E-state index in [0.29, 0.717) is 43.9 Å². The van der Waals surface area contributed by atoms with Crippen molar-refractivity contribution in [3.63, 3.8) is 0 Å². The van der Waals surface area contributed by atoms with E-state index in [2.05, 4.69) is 16.1 Å². The Morgan fingerprint density at radius 3 is 2.43 bits per heavy atom. The van der Waals surface area contributed by atoms with Gasteiger partial charge in [-0.25, -0.2) is 0 Å². The molecule has 0 bridgehead atoms. The van der Waals surface area contributed by atoms with Gasteiger partial charge in [-0.2, -0.15) is 10.4 Å². The van der Waals surface area contributed by atoms with Gasteiger partial charge in [-0.05, 0) is 44.0 Å². The number of hydrogen-bond donors (Lipinski definition) is 0. The normalized spacial score (nSPS) is 20.3. The first-order valence-electron chi connectivity index (χ1n) is 10.3. The second-order valence-corrected chi connectivity index (χ2v) is 7.93. The maximum absolute atomic E-state index is 13.2. The Bertz CT molecular complexity index is 982. The van der Waals surface area contributed by atoms with Crippen LogP contribution in [0.15, 0.2) is 30.3 Å². The van der Waals surface area contributed by atoms with Crippen LogP contribution in [0.4, 0.5) is 5.82 Å². The highest BCUT2D eigenvalue weighted by molar-refractivity contribution is 5.97. The lowest BCUT2D eigenvalue weighted by Crippen LogP contribution is -2.58. The molecule has 0 spiro atoms. The molecule has 2 fully saturated rings. The molecule has 30 heavy (non-hydrogen) atoms. The molecule has 0 N–H and O–H groups in total. The highest BCUT2D eigenvalue weighted by atomic mass is 16.2. The molecule has 8 heteroatoms. The molecule has 2 aromatic rings. The Balaban J connectivity index is 1.39. The molecule has 2 saturated heterocycles. The average molecular weight is 406 g/mol. The van der Waals surface area contributed by atoms with Crippen molar-refractivity contribution in [2.24, 2.45) is 7.05 Å². The van der Waals surface area contributed by atoms with Gasteiger partial charge in [0.1, 0.15) is 5.82 Å². The third kappa shape index (κ3) is 3.81. The molecule has 3 heterocycles. The predicted molar refractivity (Wildman–Crippen MR) is 112 cm³/mol. The van der Waals surface area contributed by atoms with Gasteiger partial charge in [-0.15, -0.1) is 0 Å². The van der Waals surface area contributed by atoms with Crippen molar-refractivity contribution in [2.75, 3.05) is 37.6 Å². The van der Waals surface area contributed by atoms with E-state index in [4.69, 9.17) is 5.26 Å². The number of nitriles is 1. The van der Waals surface area contributed by atoms with Crippen LogP contribution in [0.3, 0.4) is 0 Å². The summed E-state index contributed by atoms with van der Waals surface area (Å²) < 4.78 is 1.77. The summed E-state index contributed by atoms with van der Waals surface area (Å²) in [6, 6.07) is 10.6. The summed E-state index contributed by atoms with van der Waals surface area (Å²) in [5.74, 6) is 0.939. The van der Waals surface area contributed by atoms with Gasteiger partial charge in [0.25, 0.3) is 5.91 Å². The van der Waals surface area contributed by atoms with Crippen LogP contribution in [0.25, 0.3) is 0 Å². The number of amides is 2. The van der Waals surface area contributed by atoms with Crippen LogP contribution in [0.5, 0.6) is 0 Å². The maximum atomic E-state index is 13.2. The molecule has 8 nitrogen and oxygen atoms in total. The van der Waals surface area contributed by atoms with E-state index in [0.717, 1.165) is 24.4 Å². The monoisotopic (exact) mass is 406 g/mol. The lowest BCUT2D eigenvalue weighted by Gasteiger charge is -2.42. The summed E-state index contributed by atoms with van der Waals surface area (Å²) in [5.41, 5.74) is 2.03. The molecule has 1 atom stereocenters. The van der Waals surface area contributed by atoms with Crippen molar-refractivity contribution < 1.29 is 9.59 Å². The molecule has 0 unspecified atom stereocenters. The SMILES string of the molecule is Cc1cc(N2CCC[C@@H](N3CCN(C(=O)c4ccc(C#N)cc4)CC3)C2=O)n(C)n1. The van der Waals surface area contributed by atoms with E-state index in [9.17, 15) is 9.59 Å². The van der Waals surface area contributed by atoms with Crippen molar-refractivity contribution in [3.8, 4) is 6.07 Å². The van der Waals surface area contributed by atoms with Crippen molar-refractivity contribution in [3.05, 3.63) is 47.2 Å². The first-order valence-corrected chi connectivity index (χ1v) is 10.3. The Kier molecular flexibility index (Phi) is 5.55. The molecule has 4 rings (SSSR count). The van der Waals surface area contributed by atoms with E-state index in [1.807, 2.05) is 29.8 Å². The lowest BCUT2D eigenvalue weighted by molar-refractivity contribution is -0.126. The lowest BCUT2D eigenvalue weighted by atomic mass is 10.0. The molecule has 0 aliphatic carbocycles. The molecule has 2 aliphatic rings. The fraction of sp³-hybridized carbons (Fsp3) is 0.455. The van der Waals surface area contributed by atoms with E-state index in [1.54, 1.807) is 28.9 Å². The summed E-state index contributed by atoms with van der Waals surface area (Å²) >= 11 is 0. The molecule has 2 amide bonds. The minimum absolute atomic E-state index is 0.0268. The number of benzene rings is 1. The number of anilines is 1. The average Bonchev–Trinajstić information content (AvgIpc) is 3.11. The molecular formula is C22H26N6O2. The highest BCUT2D eigenvalue weighted by Crippen LogP contribution is 2.25. The van der Waals surface area contributed by atoms with E-state index in [-0.39, 0.29) is 17.9 Å². The molecule has 1 aromatic heterocycles. The largest absolute Gasteiger partial charge is 0.336 e. The number of piperidine rings is 1. The van der Waals surface area contributed by atoms with Crippen molar-refractivity contribution in [1.29, 1.82) is 5.26 Å². The minimum atomic E-state index is -0.152. The van der Waals surface area contributed by atoms with Crippen LogP contribution >= 0.6 is 0 Å². The van der Waals surface area contributed by atoms with Crippen molar-refractivity contribution in [2.45, 2.75) is 25.8 Å². The highest BCUT2D eigenvalue weighted by Gasteiger charge is 2.37. The van der Waals surface area contributed by atoms with Crippen LogP contribution in [-0.2, 0) is 11.8 Å². The van der Waals surface area contributed by atoms with Gasteiger partial charge in [0.2, 0.25) is 5.91 Å². The molecule has 0 radical (unpaired) electrons. The first kappa shape index (κ1) is 20.1. The van der Waals surface area contributed by atoms with Gasteiger partial charge in [-0.3, -0.25) is 24.1 Å². The van der Waals surface area contributed by atoms with Crippen LogP contribution in [0, 0.1) is 18.3 Å². The molecule has 0 saturated carbocycles. The standard InChI is InChI=1S/C22H26N6O2/c1-16-14-20(25(2)24-16)28-9-3-4-19(22(28)30)26-10-12-27(13-11-26)21(29)18-7-5-17(15-23)6-8-18/h5-8,14,19H,3-4,9-13H2,1-2H3/t19-/m1/s1. The van der Waals surface area contributed by atoms with Crippen LogP contribution in [0.2, 0.25) is 0 Å². The first-order chi connectivity index (χ1) is 14.5. The molecule has 1 aromatic carbocycles. The number of piperazine rings is 1. The molecule has 2 aliphatic heterocycles. The summed E-state index contributed by atoms with van der Waals surface area (Å²) in [7, 11) is 1.87. The molecule has 156 valence electrons. The summed E-state index contributed by atoms with van der Waals surface area (Å²) in [6.45, 7) is 5.18. The van der Waals surface area contributed by atoms with E-state index >= 15 is 0 Å². The number of nitrogens with zero attached hydrogens (tertiary/aromatic N) is 6. The smallest absolute Gasteiger partial charge is 0.253 e. The van der Waals surface area contributed by atoms with Gasteiger partial charge in [0.15, 0.2) is 0 Å². The fourth-order valence-electron chi connectivity index (χ4n) is 4.38. The fourth-order valence-corrected chi connectivity index (χ4v) is 4.38. The number of carbonyl (C=O) groups excluding carboxylic acids is 2. The number of aromatic nitrogens is 2. The summed E-state index contributed by atoms with van der Waals surface area (Å²) in [4.78, 5) is 31.9. The third-order valence-electron chi connectivity index (χ3n) is 5.97. The Morgan fingerprint density at radius 2 is 1.83 bits per heavy atom. The third-order valence-corrected chi connectivity index (χ3v) is 5.97. The maximum Gasteiger partial charge on any atom is 0.253 e. The summed E-state index contributed by atoms with van der Waals surface area (Å²) in [6.07, 6.45) is 1.79. The van der Waals surface area contributed by atoms with Crippen molar-refractivity contribution >= 4 is 17.6 Å². The quantitative estimate of drug-likeness (QED) is 0.772. The topological polar surface area (TPSA) is 85.5 Å². The van der Waals surface area contributed by atoms with Crippen molar-refractivity contribution in [1.82, 2.24) is 19.6 Å². The number of aryl methyl sites for hydroxylation is 2. The zero-order chi connectivity index (χ0) is 21.3. The predicted octanol–water partition coefficient (Wildman–Crippen LogP) is 1.55. The van der Waals surface area contributed by atoms with Gasteiger partial charge in [0.05, 0.1) is 23.4 Å². The van der Waals surface area contributed by atoms with E-state index < -0.39 is 0 Å². The van der Waals surface area contributed by atoms with Gasteiger partial charge in [-0.1, -0.05) is 0 Å². The van der Waals surface area contributed by atoms with Crippen LogP contribution in [0.1, 0.15) is 34.5 Å². The number of hydrogen-bond acceptors (Lipinski definition) is 5. The summed E-state index contributed by atoms with van der Waals surface area (Å²) in [5, 5.41) is 13.3. The van der Waals surface area contributed by atoms with Crippen LogP contribution < -0.4 is 4.90 Å². The second-order valence-electron chi connectivity index (χ2n) is 7.93. The number of carbonyl (C=O) groups is 2.